The summed E-state index contributed by atoms with van der Waals surface area (Å²) in [7, 11) is -0.952. The Balaban J connectivity index is 3.90. The van der Waals surface area contributed by atoms with Crippen molar-refractivity contribution in [2.45, 2.75) is 65.2 Å². The van der Waals surface area contributed by atoms with Crippen molar-refractivity contribution < 1.29 is 4.21 Å². The normalized spacial score (nSPS) is 15.9. The molecule has 15 heavy (non-hydrogen) atoms. The van der Waals surface area contributed by atoms with Gasteiger partial charge >= 0.3 is 0 Å². The van der Waals surface area contributed by atoms with Crippen molar-refractivity contribution in [2.24, 2.45) is 0 Å². The number of rotatable bonds is 5. The average molecular weight is 231 g/mol. The second-order valence-electron chi connectivity index (χ2n) is 5.26. The van der Waals surface area contributed by atoms with Crippen LogP contribution in [-0.2, 0) is 11.0 Å². The highest BCUT2D eigenvalue weighted by molar-refractivity contribution is 7.84. The number of hydrogen-bond donors (Lipinski definition) is 1. The fourth-order valence-electron chi connectivity index (χ4n) is 1.04. The highest BCUT2D eigenvalue weighted by Crippen LogP contribution is 2.10. The number of hydrogen-bond acceptors (Lipinski definition) is 1. The van der Waals surface area contributed by atoms with E-state index in [0.717, 1.165) is 12.8 Å². The first-order valence-corrected chi connectivity index (χ1v) is 6.70. The Morgan fingerprint density at radius 1 is 1.40 bits per heavy atom. The van der Waals surface area contributed by atoms with E-state index in [0.29, 0.717) is 6.04 Å². The smallest absolute Gasteiger partial charge is 0.0972 e. The Morgan fingerprint density at radius 3 is 2.33 bits per heavy atom. The SMILES string of the molecule is CC(C)=CCCC(C)N[S@@](=O)C(C)(C)C. The lowest BCUT2D eigenvalue weighted by Crippen LogP contribution is -2.38. The zero-order valence-corrected chi connectivity index (χ0v) is 11.7. The van der Waals surface area contributed by atoms with Crippen LogP contribution in [-0.4, -0.2) is 15.0 Å². The van der Waals surface area contributed by atoms with E-state index in [-0.39, 0.29) is 4.75 Å². The lowest BCUT2D eigenvalue weighted by molar-refractivity contribution is 0.584. The van der Waals surface area contributed by atoms with Crippen LogP contribution in [0.25, 0.3) is 0 Å². The Bertz CT molecular complexity index is 236. The standard InChI is InChI=1S/C12H25NOS/c1-10(2)8-7-9-11(3)13-15(14)12(4,5)6/h8,11,13H,7,9H2,1-6H3/t11?,15-/m0/s1. The quantitative estimate of drug-likeness (QED) is 0.723. The molecule has 0 aliphatic carbocycles. The van der Waals surface area contributed by atoms with Crippen LogP contribution in [0.1, 0.15) is 54.4 Å². The topological polar surface area (TPSA) is 29.1 Å². The van der Waals surface area contributed by atoms with Gasteiger partial charge in [-0.1, -0.05) is 11.6 Å². The summed E-state index contributed by atoms with van der Waals surface area (Å²) in [4.78, 5) is 0. The van der Waals surface area contributed by atoms with Crippen LogP contribution in [0.2, 0.25) is 0 Å². The van der Waals surface area contributed by atoms with Gasteiger partial charge < -0.3 is 0 Å². The molecule has 3 heteroatoms. The largest absolute Gasteiger partial charge is 0.242 e. The minimum atomic E-state index is -0.952. The third-order valence-corrected chi connectivity index (χ3v) is 3.75. The number of allylic oxidation sites excluding steroid dienone is 2. The van der Waals surface area contributed by atoms with E-state index in [1.54, 1.807) is 0 Å². The molecule has 0 bridgehead atoms. The van der Waals surface area contributed by atoms with Crippen LogP contribution in [0.15, 0.2) is 11.6 Å². The van der Waals surface area contributed by atoms with E-state index in [1.165, 1.54) is 5.57 Å². The first-order chi connectivity index (χ1) is 6.73. The minimum Gasteiger partial charge on any atom is -0.242 e. The molecule has 1 N–H and O–H groups in total. The van der Waals surface area contributed by atoms with Gasteiger partial charge in [0, 0.05) is 6.04 Å². The molecule has 0 saturated heterocycles. The maximum absolute atomic E-state index is 11.8. The van der Waals surface area contributed by atoms with E-state index in [1.807, 2.05) is 20.8 Å². The van der Waals surface area contributed by atoms with E-state index < -0.39 is 11.0 Å². The molecular weight excluding hydrogens is 206 g/mol. The highest BCUT2D eigenvalue weighted by atomic mass is 32.2. The number of nitrogens with one attached hydrogen (secondary N) is 1. The van der Waals surface area contributed by atoms with Crippen LogP contribution < -0.4 is 4.72 Å². The zero-order chi connectivity index (χ0) is 12.1. The molecule has 0 aromatic rings. The Labute approximate surface area is 97.1 Å². The van der Waals surface area contributed by atoms with Crippen molar-refractivity contribution in [2.75, 3.05) is 0 Å². The molecular formula is C12H25NOS. The summed E-state index contributed by atoms with van der Waals surface area (Å²) >= 11 is 0. The molecule has 0 aliphatic rings. The van der Waals surface area contributed by atoms with Crippen LogP contribution in [0, 0.1) is 0 Å². The van der Waals surface area contributed by atoms with Gasteiger partial charge in [0.2, 0.25) is 0 Å². The minimum absolute atomic E-state index is 0.176. The van der Waals surface area contributed by atoms with Gasteiger partial charge in [0.25, 0.3) is 0 Å². The summed E-state index contributed by atoms with van der Waals surface area (Å²) < 4.78 is 14.7. The molecule has 1 unspecified atom stereocenters. The van der Waals surface area contributed by atoms with Gasteiger partial charge in [-0.05, 0) is 54.4 Å². The van der Waals surface area contributed by atoms with E-state index in [4.69, 9.17) is 0 Å². The first kappa shape index (κ1) is 14.8. The van der Waals surface area contributed by atoms with Crippen LogP contribution in [0.4, 0.5) is 0 Å². The van der Waals surface area contributed by atoms with E-state index in [9.17, 15) is 4.21 Å². The van der Waals surface area contributed by atoms with Gasteiger partial charge in [0.05, 0.1) is 15.7 Å². The predicted octanol–water partition coefficient (Wildman–Crippen LogP) is 3.17. The first-order valence-electron chi connectivity index (χ1n) is 5.55. The van der Waals surface area contributed by atoms with Crippen LogP contribution >= 0.6 is 0 Å². The Kier molecular flexibility index (Phi) is 6.37. The van der Waals surface area contributed by atoms with Crippen LogP contribution in [0.5, 0.6) is 0 Å². The maximum atomic E-state index is 11.8. The van der Waals surface area contributed by atoms with Crippen LogP contribution in [0.3, 0.4) is 0 Å². The van der Waals surface area contributed by atoms with Gasteiger partial charge in [0.1, 0.15) is 0 Å². The summed E-state index contributed by atoms with van der Waals surface area (Å²) in [5, 5.41) is 0. The fourth-order valence-corrected chi connectivity index (χ4v) is 1.88. The molecule has 2 nitrogen and oxygen atoms in total. The van der Waals surface area contributed by atoms with Gasteiger partial charge in [0.15, 0.2) is 0 Å². The summed E-state index contributed by atoms with van der Waals surface area (Å²) in [6.07, 6.45) is 4.31. The predicted molar refractivity (Wildman–Crippen MR) is 69.2 cm³/mol. The van der Waals surface area contributed by atoms with Crippen molar-refractivity contribution in [3.63, 3.8) is 0 Å². The molecule has 90 valence electrons. The monoisotopic (exact) mass is 231 g/mol. The van der Waals surface area contributed by atoms with Crippen molar-refractivity contribution in [1.29, 1.82) is 0 Å². The molecule has 0 saturated carbocycles. The van der Waals surface area contributed by atoms with Gasteiger partial charge in [-0.15, -0.1) is 0 Å². The molecule has 0 aromatic heterocycles. The van der Waals surface area contributed by atoms with E-state index >= 15 is 0 Å². The Morgan fingerprint density at radius 2 is 1.93 bits per heavy atom. The van der Waals surface area contributed by atoms with Gasteiger partial charge in [-0.3, -0.25) is 0 Å². The second-order valence-corrected chi connectivity index (χ2v) is 7.26. The summed E-state index contributed by atoms with van der Waals surface area (Å²) in [5.74, 6) is 0. The second kappa shape index (κ2) is 6.44. The molecule has 0 spiro atoms. The average Bonchev–Trinajstić information content (AvgIpc) is 2.01. The lowest BCUT2D eigenvalue weighted by Gasteiger charge is -2.21. The van der Waals surface area contributed by atoms with Crippen molar-refractivity contribution in [3.05, 3.63) is 11.6 Å². The summed E-state index contributed by atoms with van der Waals surface area (Å²) in [6, 6.07) is 0.306. The van der Waals surface area contributed by atoms with Gasteiger partial charge in [-0.25, -0.2) is 8.93 Å². The van der Waals surface area contributed by atoms with Crippen molar-refractivity contribution in [3.8, 4) is 0 Å². The highest BCUT2D eigenvalue weighted by Gasteiger charge is 2.20. The summed E-state index contributed by atoms with van der Waals surface area (Å²) in [5.41, 5.74) is 1.35. The molecule has 0 heterocycles. The molecule has 2 atom stereocenters. The molecule has 0 radical (unpaired) electrons. The molecule has 0 aromatic carbocycles. The van der Waals surface area contributed by atoms with Crippen molar-refractivity contribution >= 4 is 11.0 Å². The third-order valence-electron chi connectivity index (χ3n) is 2.02. The Hall–Kier alpha value is -0.150. The fraction of sp³-hybridized carbons (Fsp3) is 0.833. The van der Waals surface area contributed by atoms with Crippen molar-refractivity contribution in [1.82, 2.24) is 4.72 Å². The summed E-state index contributed by atoms with van der Waals surface area (Å²) in [6.45, 7) is 12.2. The molecule has 0 aliphatic heterocycles. The van der Waals surface area contributed by atoms with E-state index in [2.05, 4.69) is 31.6 Å². The molecule has 0 rings (SSSR count). The zero-order valence-electron chi connectivity index (χ0n) is 10.9. The molecule has 0 fully saturated rings. The molecule has 0 amide bonds. The lowest BCUT2D eigenvalue weighted by atomic mass is 10.1. The third kappa shape index (κ3) is 7.74. The maximum Gasteiger partial charge on any atom is 0.0972 e. The van der Waals surface area contributed by atoms with Gasteiger partial charge in [-0.2, -0.15) is 0 Å².